The Labute approximate surface area is 188 Å². The molecule has 1 aromatic carbocycles. The standard InChI is InChI=1S/C27H41NO3/c1-19-11-10-16-26(5,6)22(19)15-14-20-12-9-13-21(17-20)23(29)27(7,8)18-28-24(30)31-25(2,3)4/h9,12-15,17,23,29H,10-11,16,18H2,1-8H3,(H,28,30)/b15-14+. The van der Waals surface area contributed by atoms with Crippen LogP contribution in [0.5, 0.6) is 0 Å². The van der Waals surface area contributed by atoms with Gasteiger partial charge in [-0.3, -0.25) is 0 Å². The molecule has 0 spiro atoms. The summed E-state index contributed by atoms with van der Waals surface area (Å²) in [7, 11) is 0. The maximum absolute atomic E-state index is 12.0. The average Bonchev–Trinajstić information content (AvgIpc) is 2.64. The molecule has 0 radical (unpaired) electrons. The molecular weight excluding hydrogens is 386 g/mol. The van der Waals surface area contributed by atoms with Crippen molar-refractivity contribution in [1.29, 1.82) is 0 Å². The molecule has 1 aliphatic rings. The highest BCUT2D eigenvalue weighted by atomic mass is 16.6. The fraction of sp³-hybridized carbons (Fsp3) is 0.593. The number of hydrogen-bond donors (Lipinski definition) is 2. The number of nitrogens with one attached hydrogen (secondary N) is 1. The molecule has 0 saturated heterocycles. The van der Waals surface area contributed by atoms with Crippen LogP contribution in [0.25, 0.3) is 6.08 Å². The highest BCUT2D eigenvalue weighted by molar-refractivity contribution is 5.67. The lowest BCUT2D eigenvalue weighted by molar-refractivity contribution is 0.0326. The van der Waals surface area contributed by atoms with Gasteiger partial charge in [0.1, 0.15) is 5.60 Å². The van der Waals surface area contributed by atoms with Gasteiger partial charge in [-0.25, -0.2) is 4.79 Å². The van der Waals surface area contributed by atoms with Crippen molar-refractivity contribution in [1.82, 2.24) is 5.32 Å². The molecule has 1 unspecified atom stereocenters. The molecule has 2 rings (SSSR count). The third-order valence-electron chi connectivity index (χ3n) is 6.04. The lowest BCUT2D eigenvalue weighted by Gasteiger charge is -2.33. The van der Waals surface area contributed by atoms with Crippen LogP contribution in [0.2, 0.25) is 0 Å². The second-order valence-electron chi connectivity index (χ2n) is 11.2. The zero-order valence-corrected chi connectivity index (χ0v) is 20.6. The largest absolute Gasteiger partial charge is 0.444 e. The number of amides is 1. The average molecular weight is 428 g/mol. The number of aliphatic hydroxyl groups is 1. The topological polar surface area (TPSA) is 58.6 Å². The van der Waals surface area contributed by atoms with Crippen LogP contribution in [0.15, 0.2) is 41.5 Å². The van der Waals surface area contributed by atoms with Gasteiger partial charge < -0.3 is 15.2 Å². The van der Waals surface area contributed by atoms with Gasteiger partial charge in [-0.05, 0) is 75.1 Å². The van der Waals surface area contributed by atoms with Gasteiger partial charge in [-0.2, -0.15) is 0 Å². The van der Waals surface area contributed by atoms with Gasteiger partial charge in [-0.1, -0.05) is 63.6 Å². The molecule has 0 saturated carbocycles. The van der Waals surface area contributed by atoms with Crippen LogP contribution in [-0.4, -0.2) is 23.3 Å². The number of carbonyl (C=O) groups is 1. The van der Waals surface area contributed by atoms with E-state index in [1.165, 1.54) is 30.4 Å². The lowest BCUT2D eigenvalue weighted by Crippen LogP contribution is -2.40. The molecule has 1 amide bonds. The Morgan fingerprint density at radius 3 is 2.52 bits per heavy atom. The number of rotatable bonds is 6. The molecule has 0 bridgehead atoms. The number of alkyl carbamates (subject to hydrolysis) is 1. The summed E-state index contributed by atoms with van der Waals surface area (Å²) in [5, 5.41) is 13.8. The van der Waals surface area contributed by atoms with E-state index in [1.807, 2.05) is 52.8 Å². The fourth-order valence-electron chi connectivity index (χ4n) is 4.18. The molecule has 1 aliphatic carbocycles. The van der Waals surface area contributed by atoms with Crippen molar-refractivity contribution in [3.05, 3.63) is 52.6 Å². The third-order valence-corrected chi connectivity index (χ3v) is 6.04. The Kier molecular flexibility index (Phi) is 7.80. The van der Waals surface area contributed by atoms with E-state index >= 15 is 0 Å². The summed E-state index contributed by atoms with van der Waals surface area (Å²) in [4.78, 5) is 12.0. The van der Waals surface area contributed by atoms with E-state index in [4.69, 9.17) is 4.74 Å². The number of carbonyl (C=O) groups excluding carboxylic acids is 1. The van der Waals surface area contributed by atoms with Crippen molar-refractivity contribution in [3.63, 3.8) is 0 Å². The summed E-state index contributed by atoms with van der Waals surface area (Å²) in [5.41, 5.74) is 3.90. The Morgan fingerprint density at radius 2 is 1.90 bits per heavy atom. The predicted molar refractivity (Wildman–Crippen MR) is 129 cm³/mol. The van der Waals surface area contributed by atoms with Crippen molar-refractivity contribution in [3.8, 4) is 0 Å². The summed E-state index contributed by atoms with van der Waals surface area (Å²) in [6.45, 7) is 16.6. The van der Waals surface area contributed by atoms with E-state index in [-0.39, 0.29) is 5.41 Å². The summed E-state index contributed by atoms with van der Waals surface area (Å²) in [6.07, 6.45) is 6.83. The second-order valence-corrected chi connectivity index (χ2v) is 11.2. The molecule has 1 atom stereocenters. The molecule has 2 N–H and O–H groups in total. The molecule has 0 heterocycles. The first-order chi connectivity index (χ1) is 14.2. The smallest absolute Gasteiger partial charge is 0.407 e. The Hall–Kier alpha value is -2.07. The van der Waals surface area contributed by atoms with E-state index < -0.39 is 23.2 Å². The lowest BCUT2D eigenvalue weighted by atomic mass is 9.72. The number of allylic oxidation sites excluding steroid dienone is 3. The first kappa shape index (κ1) is 25.2. The van der Waals surface area contributed by atoms with Crippen LogP contribution in [-0.2, 0) is 4.74 Å². The van der Waals surface area contributed by atoms with Crippen molar-refractivity contribution >= 4 is 12.2 Å². The van der Waals surface area contributed by atoms with Crippen LogP contribution < -0.4 is 5.32 Å². The Bertz CT molecular complexity index is 840. The monoisotopic (exact) mass is 427 g/mol. The van der Waals surface area contributed by atoms with Crippen molar-refractivity contribution in [2.75, 3.05) is 6.54 Å². The van der Waals surface area contributed by atoms with E-state index in [1.54, 1.807) is 0 Å². The van der Waals surface area contributed by atoms with Gasteiger partial charge in [0.25, 0.3) is 0 Å². The quantitative estimate of drug-likeness (QED) is 0.524. The van der Waals surface area contributed by atoms with E-state index in [0.29, 0.717) is 6.54 Å². The molecule has 0 fully saturated rings. The van der Waals surface area contributed by atoms with Crippen molar-refractivity contribution in [2.24, 2.45) is 10.8 Å². The van der Waals surface area contributed by atoms with Crippen molar-refractivity contribution < 1.29 is 14.6 Å². The normalized spacial score (nSPS) is 18.2. The fourth-order valence-corrected chi connectivity index (χ4v) is 4.18. The Balaban J connectivity index is 2.12. The first-order valence-corrected chi connectivity index (χ1v) is 11.3. The number of ether oxygens (including phenoxy) is 1. The second kappa shape index (κ2) is 9.60. The van der Waals surface area contributed by atoms with Crippen LogP contribution in [0.1, 0.15) is 91.9 Å². The molecule has 31 heavy (non-hydrogen) atoms. The van der Waals surface area contributed by atoms with Gasteiger partial charge >= 0.3 is 6.09 Å². The van der Waals surface area contributed by atoms with Gasteiger partial charge in [-0.15, -0.1) is 0 Å². The van der Waals surface area contributed by atoms with E-state index in [9.17, 15) is 9.90 Å². The van der Waals surface area contributed by atoms with Crippen molar-refractivity contribution in [2.45, 2.75) is 86.4 Å². The maximum Gasteiger partial charge on any atom is 0.407 e. The third kappa shape index (κ3) is 7.24. The summed E-state index contributed by atoms with van der Waals surface area (Å²) >= 11 is 0. The van der Waals surface area contributed by atoms with E-state index in [2.05, 4.69) is 44.3 Å². The zero-order valence-electron chi connectivity index (χ0n) is 20.6. The maximum atomic E-state index is 12.0. The number of benzene rings is 1. The van der Waals surface area contributed by atoms with Gasteiger partial charge in [0.05, 0.1) is 6.10 Å². The predicted octanol–water partition coefficient (Wildman–Crippen LogP) is 6.81. The molecule has 4 heteroatoms. The SMILES string of the molecule is CC1=C(/C=C/c2cccc(C(O)C(C)(C)CNC(=O)OC(C)(C)C)c2)C(C)(C)CCC1. The molecule has 0 aromatic heterocycles. The summed E-state index contributed by atoms with van der Waals surface area (Å²) in [5.74, 6) is 0. The minimum atomic E-state index is -0.720. The highest BCUT2D eigenvalue weighted by Crippen LogP contribution is 2.41. The number of hydrogen-bond acceptors (Lipinski definition) is 3. The molecule has 1 aromatic rings. The Morgan fingerprint density at radius 1 is 1.23 bits per heavy atom. The van der Waals surface area contributed by atoms with Crippen LogP contribution in [0.3, 0.4) is 0 Å². The van der Waals surface area contributed by atoms with Crippen LogP contribution >= 0.6 is 0 Å². The summed E-state index contributed by atoms with van der Waals surface area (Å²) in [6, 6.07) is 8.00. The highest BCUT2D eigenvalue weighted by Gasteiger charge is 2.31. The molecular formula is C27H41NO3. The first-order valence-electron chi connectivity index (χ1n) is 11.3. The van der Waals surface area contributed by atoms with Gasteiger partial charge in [0.2, 0.25) is 0 Å². The molecule has 172 valence electrons. The minimum Gasteiger partial charge on any atom is -0.444 e. The van der Waals surface area contributed by atoms with Gasteiger partial charge in [0.15, 0.2) is 0 Å². The minimum absolute atomic E-state index is 0.200. The zero-order chi connectivity index (χ0) is 23.4. The number of aliphatic hydroxyl groups excluding tert-OH is 1. The van der Waals surface area contributed by atoms with E-state index in [0.717, 1.165) is 11.1 Å². The van der Waals surface area contributed by atoms with Crippen LogP contribution in [0.4, 0.5) is 4.79 Å². The summed E-state index contributed by atoms with van der Waals surface area (Å²) < 4.78 is 5.31. The molecule has 0 aliphatic heterocycles. The van der Waals surface area contributed by atoms with Crippen LogP contribution in [0, 0.1) is 10.8 Å². The van der Waals surface area contributed by atoms with Gasteiger partial charge in [0, 0.05) is 12.0 Å². The molecule has 4 nitrogen and oxygen atoms in total.